The first-order chi connectivity index (χ1) is 8.61. The molecule has 18 heavy (non-hydrogen) atoms. The minimum Gasteiger partial charge on any atom is -0.451 e. The van der Waals surface area contributed by atoms with Crippen LogP contribution in [0.3, 0.4) is 0 Å². The number of benzene rings is 1. The van der Waals surface area contributed by atoms with Crippen LogP contribution in [0.4, 0.5) is 0 Å². The van der Waals surface area contributed by atoms with Gasteiger partial charge in [0, 0.05) is 19.0 Å². The molecule has 0 radical (unpaired) electrons. The standard InChI is InChI=1S/C14H14N2O2/c1-10-4-5-12-11(8-10)9-13(18-12)14(17)16(2)7-3-6-15/h4-5,8-9H,3,7H2,1-2H3. The Balaban J connectivity index is 2.26. The van der Waals surface area contributed by atoms with E-state index >= 15 is 0 Å². The number of furan rings is 1. The van der Waals surface area contributed by atoms with Crippen molar-refractivity contribution >= 4 is 16.9 Å². The van der Waals surface area contributed by atoms with E-state index in [1.165, 1.54) is 4.90 Å². The summed E-state index contributed by atoms with van der Waals surface area (Å²) in [5.74, 6) is 0.121. The Morgan fingerprint density at radius 3 is 2.94 bits per heavy atom. The second-order valence-electron chi connectivity index (χ2n) is 4.29. The summed E-state index contributed by atoms with van der Waals surface area (Å²) >= 11 is 0. The lowest BCUT2D eigenvalue weighted by molar-refractivity contribution is 0.0769. The Hall–Kier alpha value is -2.28. The first kappa shape index (κ1) is 12.2. The van der Waals surface area contributed by atoms with Gasteiger partial charge in [-0.1, -0.05) is 11.6 Å². The van der Waals surface area contributed by atoms with Gasteiger partial charge in [-0.05, 0) is 25.1 Å². The minimum absolute atomic E-state index is 0.195. The summed E-state index contributed by atoms with van der Waals surface area (Å²) in [4.78, 5) is 13.5. The molecule has 0 N–H and O–H groups in total. The summed E-state index contributed by atoms with van der Waals surface area (Å²) in [5.41, 5.74) is 1.83. The predicted molar refractivity (Wildman–Crippen MR) is 68.1 cm³/mol. The van der Waals surface area contributed by atoms with E-state index in [0.29, 0.717) is 24.3 Å². The highest BCUT2D eigenvalue weighted by atomic mass is 16.3. The Bertz CT molecular complexity index is 622. The first-order valence-electron chi connectivity index (χ1n) is 5.74. The lowest BCUT2D eigenvalue weighted by atomic mass is 10.2. The summed E-state index contributed by atoms with van der Waals surface area (Å²) < 4.78 is 5.51. The molecule has 0 aliphatic heterocycles. The molecule has 0 spiro atoms. The molecule has 1 amide bonds. The van der Waals surface area contributed by atoms with Crippen LogP contribution in [0.15, 0.2) is 28.7 Å². The zero-order valence-electron chi connectivity index (χ0n) is 10.4. The van der Waals surface area contributed by atoms with Crippen molar-refractivity contribution in [3.63, 3.8) is 0 Å². The number of hydrogen-bond donors (Lipinski definition) is 0. The lowest BCUT2D eigenvalue weighted by Gasteiger charge is -2.12. The van der Waals surface area contributed by atoms with Gasteiger partial charge in [0.2, 0.25) is 0 Å². The molecule has 1 aromatic heterocycles. The highest BCUT2D eigenvalue weighted by Crippen LogP contribution is 2.21. The number of amides is 1. The summed E-state index contributed by atoms with van der Waals surface area (Å²) in [6.45, 7) is 2.40. The number of aryl methyl sites for hydroxylation is 1. The molecule has 0 unspecified atom stereocenters. The number of fused-ring (bicyclic) bond motifs is 1. The fraction of sp³-hybridized carbons (Fsp3) is 0.286. The van der Waals surface area contributed by atoms with Gasteiger partial charge in [-0.15, -0.1) is 0 Å². The average molecular weight is 242 g/mol. The maximum atomic E-state index is 12.0. The van der Waals surface area contributed by atoms with Crippen LogP contribution in [-0.2, 0) is 0 Å². The van der Waals surface area contributed by atoms with Crippen LogP contribution in [0, 0.1) is 18.3 Å². The van der Waals surface area contributed by atoms with Gasteiger partial charge in [-0.3, -0.25) is 4.79 Å². The number of rotatable bonds is 3. The van der Waals surface area contributed by atoms with Crippen LogP contribution in [0.25, 0.3) is 11.0 Å². The third-order valence-corrected chi connectivity index (χ3v) is 2.79. The third kappa shape index (κ3) is 2.35. The van der Waals surface area contributed by atoms with E-state index in [0.717, 1.165) is 10.9 Å². The molecular formula is C14H14N2O2. The molecule has 2 aromatic rings. The van der Waals surface area contributed by atoms with E-state index in [1.54, 1.807) is 13.1 Å². The van der Waals surface area contributed by atoms with Crippen molar-refractivity contribution in [1.82, 2.24) is 4.90 Å². The zero-order chi connectivity index (χ0) is 13.1. The van der Waals surface area contributed by atoms with Crippen molar-refractivity contribution in [3.8, 4) is 6.07 Å². The van der Waals surface area contributed by atoms with Crippen LogP contribution >= 0.6 is 0 Å². The molecule has 0 aliphatic rings. The summed E-state index contributed by atoms with van der Waals surface area (Å²) in [5, 5.41) is 9.42. The van der Waals surface area contributed by atoms with E-state index in [1.807, 2.05) is 31.2 Å². The van der Waals surface area contributed by atoms with Crippen molar-refractivity contribution in [1.29, 1.82) is 5.26 Å². The van der Waals surface area contributed by atoms with Crippen molar-refractivity contribution in [2.24, 2.45) is 0 Å². The van der Waals surface area contributed by atoms with E-state index < -0.39 is 0 Å². The topological polar surface area (TPSA) is 57.2 Å². The van der Waals surface area contributed by atoms with Crippen molar-refractivity contribution in [2.45, 2.75) is 13.3 Å². The van der Waals surface area contributed by atoms with E-state index in [4.69, 9.17) is 9.68 Å². The van der Waals surface area contributed by atoms with E-state index in [9.17, 15) is 4.79 Å². The van der Waals surface area contributed by atoms with Crippen LogP contribution in [-0.4, -0.2) is 24.4 Å². The molecule has 0 atom stereocenters. The molecule has 4 nitrogen and oxygen atoms in total. The molecule has 2 rings (SSSR count). The summed E-state index contributed by atoms with van der Waals surface area (Å²) in [7, 11) is 1.66. The van der Waals surface area contributed by atoms with Gasteiger partial charge in [-0.2, -0.15) is 5.26 Å². The summed E-state index contributed by atoms with van der Waals surface area (Å²) in [6.07, 6.45) is 0.321. The Morgan fingerprint density at radius 1 is 1.44 bits per heavy atom. The highest BCUT2D eigenvalue weighted by molar-refractivity contribution is 5.96. The monoisotopic (exact) mass is 242 g/mol. The quantitative estimate of drug-likeness (QED) is 0.831. The van der Waals surface area contributed by atoms with Gasteiger partial charge in [0.15, 0.2) is 5.76 Å². The molecule has 0 bridgehead atoms. The van der Waals surface area contributed by atoms with Crippen LogP contribution in [0.5, 0.6) is 0 Å². The third-order valence-electron chi connectivity index (χ3n) is 2.79. The number of nitriles is 1. The van der Waals surface area contributed by atoms with Crippen molar-refractivity contribution in [2.75, 3.05) is 13.6 Å². The van der Waals surface area contributed by atoms with Gasteiger partial charge in [0.05, 0.1) is 12.5 Å². The van der Waals surface area contributed by atoms with E-state index in [2.05, 4.69) is 0 Å². The molecule has 4 heteroatoms. The van der Waals surface area contributed by atoms with Gasteiger partial charge < -0.3 is 9.32 Å². The molecule has 92 valence electrons. The molecule has 1 heterocycles. The second kappa shape index (κ2) is 4.92. The molecular weight excluding hydrogens is 228 g/mol. The Kier molecular flexibility index (Phi) is 3.33. The van der Waals surface area contributed by atoms with Crippen LogP contribution in [0.1, 0.15) is 22.5 Å². The number of carbonyl (C=O) groups excluding carboxylic acids is 1. The number of hydrogen-bond acceptors (Lipinski definition) is 3. The highest BCUT2D eigenvalue weighted by Gasteiger charge is 2.16. The average Bonchev–Trinajstić information content (AvgIpc) is 2.77. The van der Waals surface area contributed by atoms with Crippen molar-refractivity contribution < 1.29 is 9.21 Å². The first-order valence-corrected chi connectivity index (χ1v) is 5.74. The molecule has 1 aromatic carbocycles. The fourth-order valence-electron chi connectivity index (χ4n) is 1.78. The lowest BCUT2D eigenvalue weighted by Crippen LogP contribution is -2.27. The number of nitrogens with zero attached hydrogens (tertiary/aromatic N) is 2. The molecule has 0 saturated heterocycles. The van der Waals surface area contributed by atoms with Gasteiger partial charge >= 0.3 is 0 Å². The maximum absolute atomic E-state index is 12.0. The fourth-order valence-corrected chi connectivity index (χ4v) is 1.78. The Morgan fingerprint density at radius 2 is 2.22 bits per heavy atom. The summed E-state index contributed by atoms with van der Waals surface area (Å²) in [6, 6.07) is 9.54. The molecule has 0 aliphatic carbocycles. The smallest absolute Gasteiger partial charge is 0.289 e. The second-order valence-corrected chi connectivity index (χ2v) is 4.29. The SMILES string of the molecule is Cc1ccc2oc(C(=O)N(C)CCC#N)cc2c1. The van der Waals surface area contributed by atoms with Crippen molar-refractivity contribution in [3.05, 3.63) is 35.6 Å². The maximum Gasteiger partial charge on any atom is 0.289 e. The van der Waals surface area contributed by atoms with E-state index in [-0.39, 0.29) is 5.91 Å². The van der Waals surface area contributed by atoms with Crippen LogP contribution in [0.2, 0.25) is 0 Å². The normalized spacial score (nSPS) is 10.3. The molecule has 0 saturated carbocycles. The largest absolute Gasteiger partial charge is 0.451 e. The van der Waals surface area contributed by atoms with Gasteiger partial charge in [-0.25, -0.2) is 0 Å². The molecule has 0 fully saturated rings. The number of carbonyl (C=O) groups is 1. The predicted octanol–water partition coefficient (Wildman–Crippen LogP) is 2.73. The minimum atomic E-state index is -0.195. The Labute approximate surface area is 105 Å². The van der Waals surface area contributed by atoms with Crippen LogP contribution < -0.4 is 0 Å². The van der Waals surface area contributed by atoms with Gasteiger partial charge in [0.25, 0.3) is 5.91 Å². The zero-order valence-corrected chi connectivity index (χ0v) is 10.4. The van der Waals surface area contributed by atoms with Gasteiger partial charge in [0.1, 0.15) is 5.58 Å².